The summed E-state index contributed by atoms with van der Waals surface area (Å²) >= 11 is 12.3. The van der Waals surface area contributed by atoms with E-state index in [0.29, 0.717) is 45.1 Å². The molecule has 0 unspecified atom stereocenters. The number of nitrogens with zero attached hydrogens (tertiary/aromatic N) is 2. The Morgan fingerprint density at radius 2 is 1.97 bits per heavy atom. The normalized spacial score (nSPS) is 15.1. The molecule has 30 heavy (non-hydrogen) atoms. The Balaban J connectivity index is 1.55. The van der Waals surface area contributed by atoms with Crippen LogP contribution in [-0.2, 0) is 4.74 Å². The fraction of sp³-hybridized carbons (Fsp3) is 0.100. The number of rotatable bonds is 5. The van der Waals surface area contributed by atoms with Crippen LogP contribution >= 0.6 is 23.2 Å². The summed E-state index contributed by atoms with van der Waals surface area (Å²) in [5.74, 6) is 0.584. The number of nitrogens with two attached hydrogens (primary N) is 1. The second-order valence-corrected chi connectivity index (χ2v) is 7.18. The molecule has 1 aliphatic heterocycles. The van der Waals surface area contributed by atoms with Gasteiger partial charge in [-0.05, 0) is 30.4 Å². The Morgan fingerprint density at radius 1 is 1.20 bits per heavy atom. The molecule has 0 spiro atoms. The van der Waals surface area contributed by atoms with Crippen LogP contribution in [0.25, 0.3) is 0 Å². The maximum absolute atomic E-state index is 14.3. The van der Waals surface area contributed by atoms with Gasteiger partial charge in [-0.25, -0.2) is 9.37 Å². The van der Waals surface area contributed by atoms with Gasteiger partial charge in [0.05, 0.1) is 29.6 Å². The molecule has 154 valence electrons. The second-order valence-electron chi connectivity index (χ2n) is 6.37. The number of nitrogens with one attached hydrogen (secondary N) is 2. The Bertz CT molecular complexity index is 1120. The summed E-state index contributed by atoms with van der Waals surface area (Å²) in [5, 5.41) is 6.56. The molecule has 0 saturated carbocycles. The Kier molecular flexibility index (Phi) is 5.52. The highest BCUT2D eigenvalue weighted by molar-refractivity contribution is 6.37. The number of benzene rings is 1. The third-order valence-corrected chi connectivity index (χ3v) is 4.93. The highest BCUT2D eigenvalue weighted by atomic mass is 35.5. The quantitative estimate of drug-likeness (QED) is 0.592. The van der Waals surface area contributed by atoms with Gasteiger partial charge in [0.15, 0.2) is 17.4 Å². The van der Waals surface area contributed by atoms with E-state index in [1.54, 1.807) is 30.4 Å². The van der Waals surface area contributed by atoms with Crippen molar-refractivity contribution in [1.82, 2.24) is 9.97 Å². The lowest BCUT2D eigenvalue weighted by Crippen LogP contribution is -2.14. The molecule has 0 bridgehead atoms. The smallest absolute Gasteiger partial charge is 0.229 e. The maximum Gasteiger partial charge on any atom is 0.229 e. The lowest BCUT2D eigenvalue weighted by molar-refractivity contribution is 0.351. The number of halogens is 3. The predicted octanol–water partition coefficient (Wildman–Crippen LogP) is 5.01. The Morgan fingerprint density at radius 3 is 2.70 bits per heavy atom. The van der Waals surface area contributed by atoms with Crippen LogP contribution in [0.15, 0.2) is 65.5 Å². The number of hydrogen-bond acceptors (Lipinski definition) is 7. The number of anilines is 3. The minimum atomic E-state index is -0.608. The summed E-state index contributed by atoms with van der Waals surface area (Å²) in [4.78, 5) is 8.17. The maximum atomic E-state index is 14.3. The summed E-state index contributed by atoms with van der Waals surface area (Å²) in [6, 6.07) is 3.21. The number of allylic oxidation sites excluding steroid dienone is 5. The molecule has 1 aromatic heterocycles. The topological polar surface area (TPSA) is 94.3 Å². The van der Waals surface area contributed by atoms with E-state index in [0.717, 1.165) is 11.8 Å². The molecule has 2 aliphatic rings. The Hall–Kier alpha value is -3.23. The van der Waals surface area contributed by atoms with Crippen molar-refractivity contribution in [2.75, 3.05) is 17.7 Å². The average molecular weight is 448 g/mol. The zero-order chi connectivity index (χ0) is 21.3. The Labute approximate surface area is 181 Å². The van der Waals surface area contributed by atoms with E-state index in [-0.39, 0.29) is 11.8 Å². The van der Waals surface area contributed by atoms with Gasteiger partial charge in [0.1, 0.15) is 5.76 Å². The van der Waals surface area contributed by atoms with Crippen molar-refractivity contribution in [1.29, 1.82) is 0 Å². The van der Waals surface area contributed by atoms with E-state index in [9.17, 15) is 4.39 Å². The summed E-state index contributed by atoms with van der Waals surface area (Å²) in [5.41, 5.74) is 8.65. The molecule has 2 aromatic rings. The van der Waals surface area contributed by atoms with Gasteiger partial charge in [-0.3, -0.25) is 0 Å². The molecular formula is C20H16Cl2FN5O2. The van der Waals surface area contributed by atoms with Crippen molar-refractivity contribution in [3.05, 3.63) is 81.4 Å². The van der Waals surface area contributed by atoms with E-state index < -0.39 is 5.82 Å². The van der Waals surface area contributed by atoms with Crippen LogP contribution in [0.5, 0.6) is 5.75 Å². The predicted molar refractivity (Wildman–Crippen MR) is 114 cm³/mol. The largest absolute Gasteiger partial charge is 0.494 e. The number of aromatic nitrogens is 2. The first-order chi connectivity index (χ1) is 14.4. The van der Waals surface area contributed by atoms with E-state index in [1.807, 2.05) is 0 Å². The average Bonchev–Trinajstić information content (AvgIpc) is 2.71. The van der Waals surface area contributed by atoms with E-state index in [4.69, 9.17) is 38.4 Å². The van der Waals surface area contributed by atoms with Crippen LogP contribution in [0.1, 0.15) is 6.42 Å². The van der Waals surface area contributed by atoms with E-state index in [2.05, 4.69) is 20.6 Å². The monoisotopic (exact) mass is 447 g/mol. The molecule has 0 atom stereocenters. The summed E-state index contributed by atoms with van der Waals surface area (Å²) in [6.07, 6.45) is 8.25. The van der Waals surface area contributed by atoms with Crippen molar-refractivity contribution in [3.8, 4) is 5.75 Å². The molecule has 0 fully saturated rings. The molecule has 10 heteroatoms. The van der Waals surface area contributed by atoms with Crippen LogP contribution in [0.2, 0.25) is 10.0 Å². The standard InChI is InChI=1S/C20H16Cl2FN5O2/c1-29-18-13(21)7-11(8-14(18)22)27-20-25-9-15(23)19(28-20)26-10-2-3-17-12(6-10)16(24)4-5-30-17/h2-5,7-9H,6,24H2,1H3,(H2,25,26,27,28). The SMILES string of the molecule is COc1c(Cl)cc(Nc2ncc(F)c(NC3=CC=C4OC=CC(N)=C4C3)n2)cc1Cl. The van der Waals surface area contributed by atoms with Crippen molar-refractivity contribution < 1.29 is 13.9 Å². The number of ether oxygens (including phenoxy) is 2. The first-order valence-corrected chi connectivity index (χ1v) is 9.53. The summed E-state index contributed by atoms with van der Waals surface area (Å²) in [7, 11) is 1.47. The van der Waals surface area contributed by atoms with Gasteiger partial charge in [0.2, 0.25) is 5.95 Å². The number of fused-ring (bicyclic) bond motifs is 1. The molecule has 4 N–H and O–H groups in total. The van der Waals surface area contributed by atoms with Gasteiger partial charge in [0, 0.05) is 29.1 Å². The second kappa shape index (κ2) is 8.25. The molecule has 1 aromatic carbocycles. The van der Waals surface area contributed by atoms with E-state index >= 15 is 0 Å². The number of methoxy groups -OCH3 is 1. The molecule has 0 amide bonds. The number of hydrogen-bond donors (Lipinski definition) is 3. The molecule has 0 saturated heterocycles. The van der Waals surface area contributed by atoms with Gasteiger partial charge in [0.25, 0.3) is 0 Å². The zero-order valence-corrected chi connectivity index (χ0v) is 17.2. The minimum Gasteiger partial charge on any atom is -0.494 e. The third-order valence-electron chi connectivity index (χ3n) is 4.37. The van der Waals surface area contributed by atoms with Crippen LogP contribution in [0.4, 0.5) is 21.8 Å². The van der Waals surface area contributed by atoms with Crippen molar-refractivity contribution in [2.45, 2.75) is 6.42 Å². The highest BCUT2D eigenvalue weighted by Gasteiger charge is 2.20. The van der Waals surface area contributed by atoms with Crippen LogP contribution < -0.4 is 21.1 Å². The summed E-state index contributed by atoms with van der Waals surface area (Å²) in [6.45, 7) is 0. The van der Waals surface area contributed by atoms with Crippen molar-refractivity contribution in [3.63, 3.8) is 0 Å². The highest BCUT2D eigenvalue weighted by Crippen LogP contribution is 2.36. The molecular weight excluding hydrogens is 432 g/mol. The van der Waals surface area contributed by atoms with Gasteiger partial charge in [-0.1, -0.05) is 23.2 Å². The summed E-state index contributed by atoms with van der Waals surface area (Å²) < 4.78 is 24.9. The van der Waals surface area contributed by atoms with Crippen LogP contribution in [0, 0.1) is 5.82 Å². The van der Waals surface area contributed by atoms with E-state index in [1.165, 1.54) is 13.4 Å². The van der Waals surface area contributed by atoms with Crippen LogP contribution in [0.3, 0.4) is 0 Å². The lowest BCUT2D eigenvalue weighted by Gasteiger charge is -2.22. The fourth-order valence-corrected chi connectivity index (χ4v) is 3.60. The van der Waals surface area contributed by atoms with Gasteiger partial charge >= 0.3 is 0 Å². The van der Waals surface area contributed by atoms with Gasteiger partial charge < -0.3 is 25.8 Å². The fourth-order valence-electron chi connectivity index (χ4n) is 2.96. The minimum absolute atomic E-state index is 0.00717. The van der Waals surface area contributed by atoms with Gasteiger partial charge in [-0.15, -0.1) is 0 Å². The molecule has 2 heterocycles. The lowest BCUT2D eigenvalue weighted by atomic mass is 9.99. The first kappa shape index (κ1) is 20.1. The molecule has 7 nitrogen and oxygen atoms in total. The zero-order valence-electron chi connectivity index (χ0n) is 15.7. The van der Waals surface area contributed by atoms with Gasteiger partial charge in [-0.2, -0.15) is 4.98 Å². The molecule has 4 rings (SSSR count). The van der Waals surface area contributed by atoms with Crippen LogP contribution in [-0.4, -0.2) is 17.1 Å². The third kappa shape index (κ3) is 4.05. The van der Waals surface area contributed by atoms with Crippen molar-refractivity contribution in [2.24, 2.45) is 5.73 Å². The molecule has 1 aliphatic carbocycles. The first-order valence-electron chi connectivity index (χ1n) is 8.77. The van der Waals surface area contributed by atoms with Crippen molar-refractivity contribution >= 4 is 40.7 Å². The molecule has 0 radical (unpaired) electrons.